The molecule has 2 rings (SSSR count). The molecule has 0 bridgehead atoms. The molecule has 0 aliphatic rings. The van der Waals surface area contributed by atoms with E-state index in [1.807, 2.05) is 0 Å². The van der Waals surface area contributed by atoms with Crippen molar-refractivity contribution in [1.82, 2.24) is 20.2 Å². The molecule has 6 nitrogen and oxygen atoms in total. The van der Waals surface area contributed by atoms with Gasteiger partial charge in [0.2, 0.25) is 0 Å². The second kappa shape index (κ2) is 3.65. The van der Waals surface area contributed by atoms with Crippen molar-refractivity contribution in [3.63, 3.8) is 0 Å². The van der Waals surface area contributed by atoms with Crippen LogP contribution in [0.2, 0.25) is 0 Å². The molecule has 2 aromatic rings. The van der Waals surface area contributed by atoms with Crippen LogP contribution in [0.15, 0.2) is 18.2 Å². The summed E-state index contributed by atoms with van der Waals surface area (Å²) in [5, 5.41) is 18.2. The molecule has 1 aromatic heterocycles. The number of benzene rings is 1. The molecule has 8 heteroatoms. The van der Waals surface area contributed by atoms with Crippen molar-refractivity contribution in [1.29, 1.82) is 0 Å². The first-order chi connectivity index (χ1) is 7.59. The minimum absolute atomic E-state index is 0.494. The number of carbonyl (C=O) groups is 1. The summed E-state index contributed by atoms with van der Waals surface area (Å²) in [5.74, 6) is -3.88. The molecule has 0 aliphatic heterocycles. The first-order valence-electron chi connectivity index (χ1n) is 4.07. The number of halogens is 2. The summed E-state index contributed by atoms with van der Waals surface area (Å²) in [6.45, 7) is 0. The number of carboxylic acid groups (broad SMARTS) is 1. The van der Waals surface area contributed by atoms with Crippen LogP contribution in [-0.4, -0.2) is 31.3 Å². The summed E-state index contributed by atoms with van der Waals surface area (Å²) in [6, 6.07) is 3.17. The zero-order valence-corrected chi connectivity index (χ0v) is 7.63. The van der Waals surface area contributed by atoms with Crippen molar-refractivity contribution in [2.24, 2.45) is 0 Å². The Morgan fingerprint density at radius 3 is 2.44 bits per heavy atom. The van der Waals surface area contributed by atoms with E-state index in [1.165, 1.54) is 6.07 Å². The smallest absolute Gasteiger partial charge is 0.377 e. The average Bonchev–Trinajstić information content (AvgIpc) is 2.66. The van der Waals surface area contributed by atoms with E-state index in [4.69, 9.17) is 5.11 Å². The van der Waals surface area contributed by atoms with Crippen LogP contribution in [0.3, 0.4) is 0 Å². The number of aromatic nitrogens is 4. The lowest BCUT2D eigenvalue weighted by molar-refractivity contribution is 0.0683. The molecule has 0 fully saturated rings. The maximum atomic E-state index is 13.2. The van der Waals surface area contributed by atoms with Gasteiger partial charge in [-0.1, -0.05) is 6.07 Å². The minimum Gasteiger partial charge on any atom is -0.475 e. The van der Waals surface area contributed by atoms with Gasteiger partial charge < -0.3 is 5.11 Å². The van der Waals surface area contributed by atoms with Crippen LogP contribution in [0.5, 0.6) is 0 Å². The fourth-order valence-corrected chi connectivity index (χ4v) is 1.07. The number of hydrogen-bond acceptors (Lipinski definition) is 4. The van der Waals surface area contributed by atoms with Crippen LogP contribution in [0.25, 0.3) is 5.69 Å². The van der Waals surface area contributed by atoms with E-state index in [-0.39, 0.29) is 0 Å². The van der Waals surface area contributed by atoms with E-state index in [9.17, 15) is 13.6 Å². The zero-order valence-electron chi connectivity index (χ0n) is 7.63. The van der Waals surface area contributed by atoms with Gasteiger partial charge in [0.05, 0.1) is 0 Å². The van der Waals surface area contributed by atoms with Crippen molar-refractivity contribution in [2.45, 2.75) is 0 Å². The van der Waals surface area contributed by atoms with E-state index in [0.717, 1.165) is 12.1 Å². The fraction of sp³-hybridized carbons (Fsp3) is 0. The monoisotopic (exact) mass is 226 g/mol. The fourth-order valence-electron chi connectivity index (χ4n) is 1.07. The normalized spacial score (nSPS) is 10.4. The molecule has 0 aliphatic carbocycles. The Labute approximate surface area is 87.1 Å². The Balaban J connectivity index is 2.54. The second-order valence-electron chi connectivity index (χ2n) is 2.78. The van der Waals surface area contributed by atoms with Crippen LogP contribution < -0.4 is 0 Å². The zero-order chi connectivity index (χ0) is 11.7. The van der Waals surface area contributed by atoms with E-state index >= 15 is 0 Å². The lowest BCUT2D eigenvalue weighted by Gasteiger charge is -2.00. The predicted octanol–water partition coefficient (Wildman–Crippen LogP) is 0.639. The van der Waals surface area contributed by atoms with Crippen LogP contribution in [0.4, 0.5) is 8.78 Å². The van der Waals surface area contributed by atoms with Crippen molar-refractivity contribution in [2.75, 3.05) is 0 Å². The summed E-state index contributed by atoms with van der Waals surface area (Å²) >= 11 is 0. The quantitative estimate of drug-likeness (QED) is 0.812. The molecule has 1 heterocycles. The summed E-state index contributed by atoms with van der Waals surface area (Å²) in [5.41, 5.74) is -0.567. The molecule has 0 saturated heterocycles. The molecule has 82 valence electrons. The van der Waals surface area contributed by atoms with Crippen LogP contribution in [0, 0.1) is 11.6 Å². The van der Waals surface area contributed by atoms with Gasteiger partial charge in [-0.2, -0.15) is 0 Å². The first-order valence-corrected chi connectivity index (χ1v) is 4.07. The largest absolute Gasteiger partial charge is 0.475 e. The number of nitrogens with zero attached hydrogens (tertiary/aromatic N) is 4. The van der Waals surface area contributed by atoms with Gasteiger partial charge in [-0.3, -0.25) is 0 Å². The molecular formula is C8H4F2N4O2. The number of hydrogen-bond donors (Lipinski definition) is 1. The average molecular weight is 226 g/mol. The first kappa shape index (κ1) is 10.1. The Bertz CT molecular complexity index is 534. The van der Waals surface area contributed by atoms with Gasteiger partial charge in [0.15, 0.2) is 17.3 Å². The van der Waals surface area contributed by atoms with Crippen LogP contribution >= 0.6 is 0 Å². The summed E-state index contributed by atoms with van der Waals surface area (Å²) in [7, 11) is 0. The molecule has 0 atom stereocenters. The highest BCUT2D eigenvalue weighted by atomic mass is 19.1. The Morgan fingerprint density at radius 2 is 1.94 bits per heavy atom. The number of tetrazole rings is 1. The molecule has 0 saturated carbocycles. The van der Waals surface area contributed by atoms with Gasteiger partial charge in [-0.15, -0.1) is 15.0 Å². The van der Waals surface area contributed by atoms with Gasteiger partial charge in [-0.25, -0.2) is 13.6 Å². The molecule has 0 spiro atoms. The minimum atomic E-state index is -1.43. The lowest BCUT2D eigenvalue weighted by atomic mass is 10.3. The molecule has 1 N–H and O–H groups in total. The molecule has 1 aromatic carbocycles. The number of para-hydroxylation sites is 1. The standard InChI is InChI=1S/C8H4F2N4O2/c9-4-2-1-3-5(10)6(4)14-12-7(8(15)16)11-13-14/h1-3H,(H,15,16). The van der Waals surface area contributed by atoms with Crippen LogP contribution in [0.1, 0.15) is 10.6 Å². The Kier molecular flexibility index (Phi) is 2.31. The van der Waals surface area contributed by atoms with E-state index in [1.54, 1.807) is 0 Å². The van der Waals surface area contributed by atoms with Gasteiger partial charge in [0.25, 0.3) is 5.82 Å². The third-order valence-electron chi connectivity index (χ3n) is 1.74. The van der Waals surface area contributed by atoms with Crippen molar-refractivity contribution in [3.05, 3.63) is 35.7 Å². The molecule has 16 heavy (non-hydrogen) atoms. The Morgan fingerprint density at radius 1 is 1.31 bits per heavy atom. The maximum absolute atomic E-state index is 13.2. The number of carboxylic acids is 1. The molecule has 0 radical (unpaired) electrons. The maximum Gasteiger partial charge on any atom is 0.377 e. The van der Waals surface area contributed by atoms with E-state index in [2.05, 4.69) is 15.4 Å². The van der Waals surface area contributed by atoms with Crippen molar-refractivity contribution < 1.29 is 18.7 Å². The van der Waals surface area contributed by atoms with Crippen molar-refractivity contribution >= 4 is 5.97 Å². The highest BCUT2D eigenvalue weighted by Crippen LogP contribution is 2.14. The van der Waals surface area contributed by atoms with Gasteiger partial charge in [0.1, 0.15) is 0 Å². The third-order valence-corrected chi connectivity index (χ3v) is 1.74. The molecular weight excluding hydrogens is 222 g/mol. The molecule has 0 unspecified atom stereocenters. The SMILES string of the molecule is O=C(O)c1nnn(-c2c(F)cccc2F)n1. The topological polar surface area (TPSA) is 80.9 Å². The third kappa shape index (κ3) is 1.60. The highest BCUT2D eigenvalue weighted by molar-refractivity contribution is 5.82. The molecule has 0 amide bonds. The van der Waals surface area contributed by atoms with Gasteiger partial charge in [0, 0.05) is 0 Å². The Hall–Kier alpha value is -2.38. The predicted molar refractivity (Wildman–Crippen MR) is 46.0 cm³/mol. The van der Waals surface area contributed by atoms with Gasteiger partial charge >= 0.3 is 5.97 Å². The van der Waals surface area contributed by atoms with Crippen LogP contribution in [-0.2, 0) is 0 Å². The number of rotatable bonds is 2. The van der Waals surface area contributed by atoms with E-state index in [0.29, 0.717) is 4.80 Å². The second-order valence-corrected chi connectivity index (χ2v) is 2.78. The van der Waals surface area contributed by atoms with E-state index < -0.39 is 29.1 Å². The number of aromatic carboxylic acids is 1. The summed E-state index contributed by atoms with van der Waals surface area (Å²) in [6.07, 6.45) is 0. The summed E-state index contributed by atoms with van der Waals surface area (Å²) < 4.78 is 26.5. The summed E-state index contributed by atoms with van der Waals surface area (Å²) in [4.78, 5) is 10.9. The van der Waals surface area contributed by atoms with Crippen molar-refractivity contribution in [3.8, 4) is 5.69 Å². The lowest BCUT2D eigenvalue weighted by Crippen LogP contribution is -2.06. The van der Waals surface area contributed by atoms with Gasteiger partial charge in [-0.05, 0) is 17.3 Å². The highest BCUT2D eigenvalue weighted by Gasteiger charge is 2.16.